The van der Waals surface area contributed by atoms with E-state index in [0.29, 0.717) is 17.0 Å². The fraction of sp³-hybridized carbons (Fsp3) is 0.190. The normalized spacial score (nSPS) is 12.1. The van der Waals surface area contributed by atoms with E-state index in [0.717, 1.165) is 17.7 Å². The van der Waals surface area contributed by atoms with Crippen molar-refractivity contribution in [2.24, 2.45) is 0 Å². The number of rotatable bonds is 8. The van der Waals surface area contributed by atoms with Gasteiger partial charge in [-0.1, -0.05) is 37.3 Å². The summed E-state index contributed by atoms with van der Waals surface area (Å²) >= 11 is 1.41. The number of carbonyl (C=O) groups excluding carboxylic acids is 2. The van der Waals surface area contributed by atoms with E-state index >= 15 is 0 Å². The van der Waals surface area contributed by atoms with Gasteiger partial charge in [0, 0.05) is 10.9 Å². The van der Waals surface area contributed by atoms with E-state index in [-0.39, 0.29) is 5.69 Å². The number of benzene rings is 2. The zero-order valence-corrected chi connectivity index (χ0v) is 18.7. The Hall–Kier alpha value is -3.28. The van der Waals surface area contributed by atoms with E-state index in [4.69, 9.17) is 4.55 Å². The van der Waals surface area contributed by atoms with Crippen LogP contribution in [0.5, 0.6) is 0 Å². The maximum absolute atomic E-state index is 12.5. The number of aromatic nitrogens is 1. The third kappa shape index (κ3) is 6.87. The predicted molar refractivity (Wildman–Crippen MR) is 122 cm³/mol. The third-order valence-electron chi connectivity index (χ3n) is 4.44. The number of thiazole rings is 1. The molecular weight excluding hydrogens is 452 g/mol. The molecule has 1 aromatic heterocycles. The molecular formula is C21H22N4O5S2. The summed E-state index contributed by atoms with van der Waals surface area (Å²) in [4.78, 5) is 29.3. The average molecular weight is 475 g/mol. The quantitative estimate of drug-likeness (QED) is 0.370. The summed E-state index contributed by atoms with van der Waals surface area (Å²) in [6, 6.07) is 13.6. The molecule has 168 valence electrons. The molecule has 32 heavy (non-hydrogen) atoms. The van der Waals surface area contributed by atoms with Crippen LogP contribution in [0, 0.1) is 0 Å². The van der Waals surface area contributed by atoms with Crippen LogP contribution >= 0.6 is 11.3 Å². The van der Waals surface area contributed by atoms with Gasteiger partial charge in [0.2, 0.25) is 0 Å². The van der Waals surface area contributed by atoms with E-state index in [1.54, 1.807) is 42.5 Å². The van der Waals surface area contributed by atoms with Gasteiger partial charge in [-0.25, -0.2) is 9.78 Å². The minimum Gasteiger partial charge on any atom is -0.328 e. The molecule has 0 bridgehead atoms. The number of imide groups is 1. The zero-order chi connectivity index (χ0) is 23.1. The van der Waals surface area contributed by atoms with Crippen LogP contribution in [0.2, 0.25) is 0 Å². The Balaban J connectivity index is 1.73. The molecule has 3 rings (SSSR count). The Morgan fingerprint density at radius 3 is 2.38 bits per heavy atom. The van der Waals surface area contributed by atoms with Crippen molar-refractivity contribution in [3.63, 3.8) is 0 Å². The first kappa shape index (κ1) is 23.4. The minimum atomic E-state index is -4.36. The Labute approximate surface area is 189 Å². The smallest absolute Gasteiger partial charge is 0.328 e. The van der Waals surface area contributed by atoms with Crippen LogP contribution in [0.3, 0.4) is 0 Å². The van der Waals surface area contributed by atoms with Gasteiger partial charge in [-0.05, 0) is 42.7 Å². The Morgan fingerprint density at radius 1 is 1.09 bits per heavy atom. The second-order valence-electron chi connectivity index (χ2n) is 6.86. The lowest BCUT2D eigenvalue weighted by Crippen LogP contribution is -2.41. The Morgan fingerprint density at radius 2 is 1.78 bits per heavy atom. The van der Waals surface area contributed by atoms with Crippen molar-refractivity contribution in [2.75, 3.05) is 4.72 Å². The number of carbonyl (C=O) groups is 2. The third-order valence-corrected chi connectivity index (χ3v) is 5.94. The molecule has 3 aromatic rings. The highest BCUT2D eigenvalue weighted by molar-refractivity contribution is 7.87. The van der Waals surface area contributed by atoms with Gasteiger partial charge in [0.15, 0.2) is 0 Å². The largest absolute Gasteiger partial charge is 0.357 e. The molecule has 0 aliphatic heterocycles. The van der Waals surface area contributed by atoms with Crippen LogP contribution in [-0.4, -0.2) is 29.9 Å². The molecule has 3 amide bonds. The zero-order valence-electron chi connectivity index (χ0n) is 17.1. The van der Waals surface area contributed by atoms with Crippen molar-refractivity contribution in [2.45, 2.75) is 25.8 Å². The van der Waals surface area contributed by atoms with E-state index < -0.39 is 28.3 Å². The molecule has 0 fully saturated rings. The van der Waals surface area contributed by atoms with Crippen LogP contribution in [0.25, 0.3) is 0 Å². The molecule has 4 N–H and O–H groups in total. The van der Waals surface area contributed by atoms with Crippen molar-refractivity contribution in [3.8, 4) is 0 Å². The molecule has 0 unspecified atom stereocenters. The number of nitrogens with zero attached hydrogens (tertiary/aromatic N) is 1. The van der Waals surface area contributed by atoms with Crippen LogP contribution in [0.15, 0.2) is 60.0 Å². The Kier molecular flexibility index (Phi) is 7.57. The van der Waals surface area contributed by atoms with Crippen molar-refractivity contribution >= 4 is 39.3 Å². The first-order valence-electron chi connectivity index (χ1n) is 9.69. The number of hydrogen-bond acceptors (Lipinski definition) is 6. The molecule has 0 spiro atoms. The van der Waals surface area contributed by atoms with Gasteiger partial charge >= 0.3 is 16.3 Å². The van der Waals surface area contributed by atoms with Gasteiger partial charge in [-0.3, -0.25) is 19.4 Å². The van der Waals surface area contributed by atoms with Crippen molar-refractivity contribution < 1.29 is 22.6 Å². The van der Waals surface area contributed by atoms with Gasteiger partial charge in [0.1, 0.15) is 5.01 Å². The summed E-state index contributed by atoms with van der Waals surface area (Å²) in [7, 11) is -4.36. The maximum Gasteiger partial charge on any atom is 0.357 e. The standard InChI is InChI=1S/C21H22N4O5S2/c1-2-16-13-31-20(22-16)18(12-14-8-10-17(11-9-14)25-32(28,29)30)23-21(27)24-19(26)15-6-4-3-5-7-15/h3-11,13,18,25H,2,12H2,1H3,(H,28,29,30)(H2,23,24,26,27)/t18-/m0/s1. The number of nitrogens with one attached hydrogen (secondary N) is 3. The van der Waals surface area contributed by atoms with Gasteiger partial charge in [0.25, 0.3) is 5.91 Å². The van der Waals surface area contributed by atoms with E-state index in [2.05, 4.69) is 15.6 Å². The summed E-state index contributed by atoms with van der Waals surface area (Å²) in [5.41, 5.74) is 2.25. The second-order valence-corrected chi connectivity index (χ2v) is 8.90. The topological polar surface area (TPSA) is 137 Å². The first-order valence-corrected chi connectivity index (χ1v) is 12.0. The number of amides is 3. The summed E-state index contributed by atoms with van der Waals surface area (Å²) in [6.45, 7) is 1.98. The fourth-order valence-electron chi connectivity index (χ4n) is 2.90. The second kappa shape index (κ2) is 10.4. The lowest BCUT2D eigenvalue weighted by Gasteiger charge is -2.17. The highest BCUT2D eigenvalue weighted by Crippen LogP contribution is 2.23. The van der Waals surface area contributed by atoms with Crippen LogP contribution in [0.1, 0.15) is 39.6 Å². The van der Waals surface area contributed by atoms with Crippen molar-refractivity contribution in [3.05, 3.63) is 81.8 Å². The average Bonchev–Trinajstić information content (AvgIpc) is 3.23. The highest BCUT2D eigenvalue weighted by atomic mass is 32.2. The number of hydrogen-bond donors (Lipinski definition) is 4. The molecule has 9 nitrogen and oxygen atoms in total. The molecule has 2 aromatic carbocycles. The molecule has 0 aliphatic carbocycles. The van der Waals surface area contributed by atoms with Crippen molar-refractivity contribution in [1.82, 2.24) is 15.6 Å². The monoisotopic (exact) mass is 474 g/mol. The van der Waals surface area contributed by atoms with Gasteiger partial charge in [0.05, 0.1) is 17.4 Å². The van der Waals surface area contributed by atoms with Crippen LogP contribution in [-0.2, 0) is 23.1 Å². The predicted octanol–water partition coefficient (Wildman–Crippen LogP) is 3.34. The Bertz CT molecular complexity index is 1180. The number of urea groups is 1. The molecule has 11 heteroatoms. The van der Waals surface area contributed by atoms with Crippen LogP contribution in [0.4, 0.5) is 10.5 Å². The summed E-state index contributed by atoms with van der Waals surface area (Å²) in [6.07, 6.45) is 1.10. The summed E-state index contributed by atoms with van der Waals surface area (Å²) in [5.74, 6) is -0.518. The van der Waals surface area contributed by atoms with Crippen LogP contribution < -0.4 is 15.4 Å². The minimum absolute atomic E-state index is 0.203. The van der Waals surface area contributed by atoms with E-state index in [1.807, 2.05) is 17.0 Å². The molecule has 0 radical (unpaired) electrons. The fourth-order valence-corrected chi connectivity index (χ4v) is 4.28. The van der Waals surface area contributed by atoms with Gasteiger partial charge in [-0.2, -0.15) is 8.42 Å². The summed E-state index contributed by atoms with van der Waals surface area (Å²) < 4.78 is 32.8. The number of aryl methyl sites for hydroxylation is 1. The lowest BCUT2D eigenvalue weighted by molar-refractivity contribution is 0.0963. The van der Waals surface area contributed by atoms with Gasteiger partial charge in [-0.15, -0.1) is 11.3 Å². The lowest BCUT2D eigenvalue weighted by atomic mass is 10.1. The molecule has 1 atom stereocenters. The molecule has 0 saturated carbocycles. The first-order chi connectivity index (χ1) is 15.2. The van der Waals surface area contributed by atoms with E-state index in [9.17, 15) is 18.0 Å². The molecule has 0 saturated heterocycles. The summed E-state index contributed by atoms with van der Waals surface area (Å²) in [5, 5.41) is 7.72. The SMILES string of the molecule is CCc1csc([C@H](Cc2ccc(NS(=O)(=O)O)cc2)NC(=O)NC(=O)c2ccccc2)n1. The van der Waals surface area contributed by atoms with Gasteiger partial charge < -0.3 is 5.32 Å². The molecule has 0 aliphatic rings. The maximum atomic E-state index is 12.5. The molecule has 1 heterocycles. The van der Waals surface area contributed by atoms with Crippen molar-refractivity contribution in [1.29, 1.82) is 0 Å². The van der Waals surface area contributed by atoms with E-state index in [1.165, 1.54) is 23.5 Å². The number of anilines is 1. The highest BCUT2D eigenvalue weighted by Gasteiger charge is 2.20.